The Bertz CT molecular complexity index is 395. The van der Waals surface area contributed by atoms with Gasteiger partial charge in [0.25, 0.3) is 0 Å². The maximum Gasteiger partial charge on any atom is 0.144 e. The molecule has 18 heavy (non-hydrogen) atoms. The summed E-state index contributed by atoms with van der Waals surface area (Å²) in [5.41, 5.74) is 0.0605. The lowest BCUT2D eigenvalue weighted by Crippen LogP contribution is -2.43. The van der Waals surface area contributed by atoms with E-state index in [1.165, 1.54) is 12.1 Å². The molecule has 1 N–H and O–H groups in total. The third-order valence-corrected chi connectivity index (χ3v) is 4.42. The van der Waals surface area contributed by atoms with Gasteiger partial charge in [-0.05, 0) is 47.3 Å². The Kier molecular flexibility index (Phi) is 5.73. The Hall–Kier alpha value is -0.480. The molecular weight excluding hydrogens is 300 g/mol. The van der Waals surface area contributed by atoms with Crippen LogP contribution in [0.3, 0.4) is 0 Å². The van der Waals surface area contributed by atoms with E-state index in [9.17, 15) is 8.78 Å². The molecule has 1 aromatic rings. The van der Waals surface area contributed by atoms with E-state index in [4.69, 9.17) is 0 Å². The van der Waals surface area contributed by atoms with Crippen LogP contribution in [0.2, 0.25) is 0 Å². The first-order chi connectivity index (χ1) is 8.49. The van der Waals surface area contributed by atoms with Crippen LogP contribution in [0.4, 0.5) is 8.78 Å². The van der Waals surface area contributed by atoms with Gasteiger partial charge in [-0.25, -0.2) is 8.78 Å². The van der Waals surface area contributed by atoms with Gasteiger partial charge in [0.15, 0.2) is 0 Å². The summed E-state index contributed by atoms with van der Waals surface area (Å²) in [6.07, 6.45) is 2.83. The molecule has 0 saturated carbocycles. The highest BCUT2D eigenvalue weighted by molar-refractivity contribution is 9.10. The molecule has 1 rings (SSSR count). The van der Waals surface area contributed by atoms with Gasteiger partial charge in [-0.1, -0.05) is 20.8 Å². The average molecular weight is 320 g/mol. The number of nitrogens with one attached hydrogen (secondary N) is 1. The first-order valence-corrected chi connectivity index (χ1v) is 7.16. The molecule has 0 heterocycles. The molecule has 0 aliphatic heterocycles. The van der Waals surface area contributed by atoms with Gasteiger partial charge in [-0.15, -0.1) is 0 Å². The highest BCUT2D eigenvalue weighted by atomic mass is 79.9. The van der Waals surface area contributed by atoms with Crippen LogP contribution in [0.25, 0.3) is 0 Å². The first kappa shape index (κ1) is 15.6. The van der Waals surface area contributed by atoms with Crippen molar-refractivity contribution in [2.24, 2.45) is 0 Å². The minimum atomic E-state index is -0.514. The van der Waals surface area contributed by atoms with Gasteiger partial charge in [-0.3, -0.25) is 0 Å². The summed E-state index contributed by atoms with van der Waals surface area (Å²) in [6.45, 7) is 6.49. The van der Waals surface area contributed by atoms with Crippen molar-refractivity contribution in [2.75, 3.05) is 0 Å². The summed E-state index contributed by atoms with van der Waals surface area (Å²) >= 11 is 3.08. The topological polar surface area (TPSA) is 12.0 Å². The summed E-state index contributed by atoms with van der Waals surface area (Å²) in [4.78, 5) is 0. The first-order valence-electron chi connectivity index (χ1n) is 6.37. The standard InChI is InChI=1S/C14H20BrF2N/c1-4-14(5-2,6-3)18-9-10-12(16)8-7-11(15)13(10)17/h7-8,18H,4-6,9H2,1-3H3. The Morgan fingerprint density at radius 2 is 1.67 bits per heavy atom. The summed E-state index contributed by atoms with van der Waals surface area (Å²) in [6, 6.07) is 2.68. The molecule has 0 aromatic heterocycles. The second-order valence-corrected chi connectivity index (χ2v) is 5.37. The Morgan fingerprint density at radius 3 is 2.17 bits per heavy atom. The van der Waals surface area contributed by atoms with Crippen molar-refractivity contribution in [3.63, 3.8) is 0 Å². The van der Waals surface area contributed by atoms with Crippen molar-refractivity contribution in [2.45, 2.75) is 52.1 Å². The van der Waals surface area contributed by atoms with E-state index in [1.807, 2.05) is 0 Å². The zero-order valence-electron chi connectivity index (χ0n) is 11.1. The molecule has 0 aliphatic carbocycles. The van der Waals surface area contributed by atoms with E-state index in [-0.39, 0.29) is 17.6 Å². The lowest BCUT2D eigenvalue weighted by Gasteiger charge is -2.32. The molecule has 1 aromatic carbocycles. The van der Waals surface area contributed by atoms with Crippen LogP contribution in [0, 0.1) is 11.6 Å². The zero-order valence-corrected chi connectivity index (χ0v) is 12.7. The van der Waals surface area contributed by atoms with Crippen molar-refractivity contribution in [1.82, 2.24) is 5.32 Å². The van der Waals surface area contributed by atoms with Crippen molar-refractivity contribution in [3.8, 4) is 0 Å². The predicted molar refractivity (Wildman–Crippen MR) is 74.5 cm³/mol. The van der Waals surface area contributed by atoms with E-state index in [2.05, 4.69) is 42.0 Å². The van der Waals surface area contributed by atoms with E-state index in [1.54, 1.807) is 0 Å². The van der Waals surface area contributed by atoms with Crippen LogP contribution in [0.15, 0.2) is 16.6 Å². The van der Waals surface area contributed by atoms with Crippen LogP contribution in [-0.2, 0) is 6.54 Å². The summed E-state index contributed by atoms with van der Waals surface area (Å²) in [5.74, 6) is -1.01. The molecule has 0 spiro atoms. The maximum absolute atomic E-state index is 13.8. The maximum atomic E-state index is 13.8. The molecule has 0 atom stereocenters. The molecule has 0 aliphatic rings. The number of halogens is 3. The molecule has 102 valence electrons. The molecule has 0 radical (unpaired) electrons. The normalized spacial score (nSPS) is 11.9. The van der Waals surface area contributed by atoms with Crippen molar-refractivity contribution < 1.29 is 8.78 Å². The minimum absolute atomic E-state index is 0.0405. The van der Waals surface area contributed by atoms with Crippen molar-refractivity contribution in [3.05, 3.63) is 33.8 Å². The van der Waals surface area contributed by atoms with Gasteiger partial charge >= 0.3 is 0 Å². The Morgan fingerprint density at radius 1 is 1.11 bits per heavy atom. The molecule has 0 fully saturated rings. The van der Waals surface area contributed by atoms with Gasteiger partial charge in [0.05, 0.1) is 4.47 Å². The molecule has 1 nitrogen and oxygen atoms in total. The zero-order chi connectivity index (χ0) is 13.8. The van der Waals surface area contributed by atoms with Crippen LogP contribution < -0.4 is 5.32 Å². The molecule has 0 amide bonds. The predicted octanol–water partition coefficient (Wildman–Crippen LogP) is 4.79. The second-order valence-electron chi connectivity index (χ2n) is 4.52. The highest BCUT2D eigenvalue weighted by Crippen LogP contribution is 2.24. The largest absolute Gasteiger partial charge is 0.307 e. The van der Waals surface area contributed by atoms with Crippen LogP contribution in [0.1, 0.15) is 45.6 Å². The van der Waals surface area contributed by atoms with Gasteiger partial charge in [-0.2, -0.15) is 0 Å². The van der Waals surface area contributed by atoms with E-state index in [0.717, 1.165) is 19.3 Å². The van der Waals surface area contributed by atoms with Gasteiger partial charge in [0, 0.05) is 17.6 Å². The third-order valence-electron chi connectivity index (χ3n) is 3.81. The van der Waals surface area contributed by atoms with Crippen LogP contribution in [-0.4, -0.2) is 5.54 Å². The summed E-state index contributed by atoms with van der Waals surface area (Å²) in [5, 5.41) is 3.31. The van der Waals surface area contributed by atoms with Gasteiger partial charge < -0.3 is 5.32 Å². The fourth-order valence-corrected chi connectivity index (χ4v) is 2.50. The Labute approximate surface area is 116 Å². The average Bonchev–Trinajstić information content (AvgIpc) is 2.39. The highest BCUT2D eigenvalue weighted by Gasteiger charge is 2.24. The number of rotatable bonds is 6. The molecule has 0 bridgehead atoms. The number of hydrogen-bond acceptors (Lipinski definition) is 1. The van der Waals surface area contributed by atoms with E-state index >= 15 is 0 Å². The monoisotopic (exact) mass is 319 g/mol. The SMILES string of the molecule is CCC(CC)(CC)NCc1c(F)ccc(Br)c1F. The fourth-order valence-electron chi connectivity index (χ4n) is 2.13. The van der Waals surface area contributed by atoms with Crippen molar-refractivity contribution >= 4 is 15.9 Å². The van der Waals surface area contributed by atoms with Crippen LogP contribution in [0.5, 0.6) is 0 Å². The second kappa shape index (κ2) is 6.62. The quantitative estimate of drug-likeness (QED) is 0.744. The lowest BCUT2D eigenvalue weighted by molar-refractivity contribution is 0.284. The fraction of sp³-hybridized carbons (Fsp3) is 0.571. The van der Waals surface area contributed by atoms with E-state index in [0.29, 0.717) is 4.47 Å². The minimum Gasteiger partial charge on any atom is -0.307 e. The van der Waals surface area contributed by atoms with E-state index < -0.39 is 11.6 Å². The number of hydrogen-bond donors (Lipinski definition) is 1. The molecule has 4 heteroatoms. The molecule has 0 saturated heterocycles. The molecular formula is C14H20BrF2N. The number of benzene rings is 1. The molecule has 0 unspecified atom stereocenters. The smallest absolute Gasteiger partial charge is 0.144 e. The van der Waals surface area contributed by atoms with Gasteiger partial charge in [0.2, 0.25) is 0 Å². The summed E-state index contributed by atoms with van der Waals surface area (Å²) < 4.78 is 27.7. The third kappa shape index (κ3) is 3.29. The van der Waals surface area contributed by atoms with Crippen LogP contribution >= 0.6 is 15.9 Å². The van der Waals surface area contributed by atoms with Gasteiger partial charge in [0.1, 0.15) is 11.6 Å². The Balaban J connectivity index is 2.89. The lowest BCUT2D eigenvalue weighted by atomic mass is 9.89. The summed E-state index contributed by atoms with van der Waals surface area (Å²) in [7, 11) is 0. The van der Waals surface area contributed by atoms with Crippen molar-refractivity contribution in [1.29, 1.82) is 0 Å².